The molecule has 114 valence electrons. The highest BCUT2D eigenvalue weighted by molar-refractivity contribution is 5.95. The zero-order valence-electron chi connectivity index (χ0n) is 12.5. The Balaban J connectivity index is 1.64. The Kier molecular flexibility index (Phi) is 3.98. The van der Waals surface area contributed by atoms with E-state index in [0.29, 0.717) is 11.0 Å². The molecule has 0 aromatic heterocycles. The molecule has 4 heteroatoms. The number of rotatable bonds is 3. The van der Waals surface area contributed by atoms with Crippen molar-refractivity contribution in [2.24, 2.45) is 11.1 Å². The number of amidine groups is 1. The molecule has 1 aliphatic carbocycles. The van der Waals surface area contributed by atoms with E-state index in [1.165, 1.54) is 44.6 Å². The monoisotopic (exact) mass is 289 g/mol. The largest absolute Gasteiger partial charge is 0.384 e. The van der Waals surface area contributed by atoms with Gasteiger partial charge in [0.2, 0.25) is 0 Å². The Morgan fingerprint density at radius 2 is 1.81 bits per heavy atom. The number of halogens is 1. The first-order valence-corrected chi connectivity index (χ1v) is 7.93. The zero-order chi connectivity index (χ0) is 14.9. The average molecular weight is 289 g/mol. The summed E-state index contributed by atoms with van der Waals surface area (Å²) in [6.07, 6.45) is 8.14. The number of nitrogens with two attached hydrogens (primary N) is 1. The number of hydrogen-bond donors (Lipinski definition) is 2. The minimum atomic E-state index is -0.304. The fourth-order valence-electron chi connectivity index (χ4n) is 3.97. The van der Waals surface area contributed by atoms with Gasteiger partial charge in [-0.1, -0.05) is 12.8 Å². The molecule has 0 atom stereocenters. The second kappa shape index (κ2) is 5.76. The molecular formula is C17H24FN3. The van der Waals surface area contributed by atoms with E-state index in [-0.39, 0.29) is 11.7 Å². The summed E-state index contributed by atoms with van der Waals surface area (Å²) in [6.45, 7) is 2.96. The van der Waals surface area contributed by atoms with Crippen LogP contribution in [0.5, 0.6) is 0 Å². The Hall–Kier alpha value is -1.42. The van der Waals surface area contributed by atoms with Crippen molar-refractivity contribution < 1.29 is 4.39 Å². The molecule has 1 heterocycles. The third-order valence-corrected chi connectivity index (χ3v) is 5.26. The maximum atomic E-state index is 13.6. The summed E-state index contributed by atoms with van der Waals surface area (Å²) >= 11 is 0. The van der Waals surface area contributed by atoms with Crippen molar-refractivity contribution in [3.8, 4) is 0 Å². The van der Waals surface area contributed by atoms with E-state index in [0.717, 1.165) is 25.2 Å². The third-order valence-electron chi connectivity index (χ3n) is 5.26. The van der Waals surface area contributed by atoms with Crippen LogP contribution in [0, 0.1) is 16.6 Å². The molecule has 1 aliphatic heterocycles. The Bertz CT molecular complexity index is 525. The van der Waals surface area contributed by atoms with E-state index in [4.69, 9.17) is 11.1 Å². The predicted octanol–water partition coefficient (Wildman–Crippen LogP) is 3.27. The Morgan fingerprint density at radius 3 is 2.43 bits per heavy atom. The summed E-state index contributed by atoms with van der Waals surface area (Å²) in [5, 5.41) is 7.45. The van der Waals surface area contributed by atoms with Gasteiger partial charge in [-0.3, -0.25) is 10.3 Å². The second-order valence-corrected chi connectivity index (χ2v) is 6.75. The van der Waals surface area contributed by atoms with Gasteiger partial charge in [-0.15, -0.1) is 0 Å². The fourth-order valence-corrected chi connectivity index (χ4v) is 3.97. The quantitative estimate of drug-likeness (QED) is 0.663. The average Bonchev–Trinajstić information content (AvgIpc) is 2.89. The van der Waals surface area contributed by atoms with Gasteiger partial charge < -0.3 is 5.73 Å². The number of likely N-dealkylation sites (tertiary alicyclic amines) is 1. The van der Waals surface area contributed by atoms with Gasteiger partial charge in [0.1, 0.15) is 11.7 Å². The lowest BCUT2D eigenvalue weighted by atomic mass is 9.77. The van der Waals surface area contributed by atoms with Crippen LogP contribution in [-0.4, -0.2) is 23.8 Å². The highest BCUT2D eigenvalue weighted by Gasteiger charge is 2.36. The normalized spacial score (nSPS) is 21.8. The lowest BCUT2D eigenvalue weighted by Crippen LogP contribution is -2.38. The number of nitrogen functional groups attached to an aromatic ring is 1. The van der Waals surface area contributed by atoms with E-state index < -0.39 is 0 Å². The van der Waals surface area contributed by atoms with Gasteiger partial charge in [-0.2, -0.15) is 0 Å². The molecule has 1 saturated carbocycles. The summed E-state index contributed by atoms with van der Waals surface area (Å²) in [5.74, 6) is -0.374. The highest BCUT2D eigenvalue weighted by atomic mass is 19.1. The molecule has 0 unspecified atom stereocenters. The van der Waals surface area contributed by atoms with Crippen LogP contribution in [-0.2, 0) is 6.54 Å². The van der Waals surface area contributed by atoms with E-state index >= 15 is 0 Å². The van der Waals surface area contributed by atoms with Crippen molar-refractivity contribution in [1.82, 2.24) is 4.90 Å². The van der Waals surface area contributed by atoms with Gasteiger partial charge in [-0.25, -0.2) is 4.39 Å². The predicted molar refractivity (Wildman–Crippen MR) is 82.8 cm³/mol. The highest BCUT2D eigenvalue weighted by Crippen LogP contribution is 2.46. The molecule has 1 spiro atoms. The number of nitrogens with one attached hydrogen (secondary N) is 1. The van der Waals surface area contributed by atoms with Crippen LogP contribution in [0.25, 0.3) is 0 Å². The minimum Gasteiger partial charge on any atom is -0.384 e. The lowest BCUT2D eigenvalue weighted by Gasteiger charge is -2.39. The Labute approximate surface area is 125 Å². The van der Waals surface area contributed by atoms with Gasteiger partial charge in [0, 0.05) is 12.1 Å². The van der Waals surface area contributed by atoms with Crippen LogP contribution in [0.15, 0.2) is 18.2 Å². The van der Waals surface area contributed by atoms with Crippen molar-refractivity contribution in [3.05, 3.63) is 35.1 Å². The van der Waals surface area contributed by atoms with Gasteiger partial charge in [0.15, 0.2) is 0 Å². The van der Waals surface area contributed by atoms with Crippen LogP contribution in [0.4, 0.5) is 4.39 Å². The molecule has 3 nitrogen and oxygen atoms in total. The van der Waals surface area contributed by atoms with Crippen molar-refractivity contribution in [2.45, 2.75) is 45.1 Å². The van der Waals surface area contributed by atoms with Gasteiger partial charge in [0.05, 0.1) is 0 Å². The van der Waals surface area contributed by atoms with E-state index in [9.17, 15) is 4.39 Å². The Morgan fingerprint density at radius 1 is 1.14 bits per heavy atom. The first-order chi connectivity index (χ1) is 10.1. The van der Waals surface area contributed by atoms with Crippen molar-refractivity contribution in [2.75, 3.05) is 13.1 Å². The number of hydrogen-bond acceptors (Lipinski definition) is 2. The smallest absolute Gasteiger partial charge is 0.124 e. The van der Waals surface area contributed by atoms with E-state index in [1.54, 1.807) is 6.07 Å². The van der Waals surface area contributed by atoms with Crippen LogP contribution < -0.4 is 5.73 Å². The molecule has 0 amide bonds. The maximum absolute atomic E-state index is 13.6. The van der Waals surface area contributed by atoms with Crippen LogP contribution in [0.2, 0.25) is 0 Å². The van der Waals surface area contributed by atoms with Crippen molar-refractivity contribution in [1.29, 1.82) is 5.41 Å². The minimum absolute atomic E-state index is 0.0701. The second-order valence-electron chi connectivity index (χ2n) is 6.75. The van der Waals surface area contributed by atoms with E-state index in [2.05, 4.69) is 4.90 Å². The van der Waals surface area contributed by atoms with Gasteiger partial charge in [0.25, 0.3) is 0 Å². The molecule has 1 aromatic rings. The van der Waals surface area contributed by atoms with Gasteiger partial charge >= 0.3 is 0 Å². The summed E-state index contributed by atoms with van der Waals surface area (Å²) in [4.78, 5) is 2.41. The summed E-state index contributed by atoms with van der Waals surface area (Å²) in [5.41, 5.74) is 7.48. The lowest BCUT2D eigenvalue weighted by molar-refractivity contribution is 0.103. The van der Waals surface area contributed by atoms with E-state index in [1.807, 2.05) is 6.07 Å². The molecule has 2 aliphatic rings. The molecule has 0 radical (unpaired) electrons. The molecule has 1 aromatic carbocycles. The maximum Gasteiger partial charge on any atom is 0.124 e. The molecular weight excluding hydrogens is 265 g/mol. The van der Waals surface area contributed by atoms with Crippen LogP contribution in [0.3, 0.4) is 0 Å². The molecule has 21 heavy (non-hydrogen) atoms. The SMILES string of the molecule is N=C(N)c1cc(F)cc(CN2CCC3(CCCC3)CC2)c1. The van der Waals surface area contributed by atoms with Crippen LogP contribution in [0.1, 0.15) is 49.7 Å². The number of piperidine rings is 1. The first kappa shape index (κ1) is 14.5. The number of nitrogens with zero attached hydrogens (tertiary/aromatic N) is 1. The third kappa shape index (κ3) is 3.26. The molecule has 0 bridgehead atoms. The molecule has 1 saturated heterocycles. The van der Waals surface area contributed by atoms with Gasteiger partial charge in [-0.05, 0) is 68.0 Å². The summed E-state index contributed by atoms with van der Waals surface area (Å²) < 4.78 is 13.6. The van der Waals surface area contributed by atoms with Crippen molar-refractivity contribution >= 4 is 5.84 Å². The standard InChI is InChI=1S/C17H24FN3/c18-15-10-13(9-14(11-15)16(19)20)12-21-7-5-17(6-8-21)3-1-2-4-17/h9-11H,1-8,12H2,(H3,19,20). The van der Waals surface area contributed by atoms with Crippen molar-refractivity contribution in [3.63, 3.8) is 0 Å². The van der Waals surface area contributed by atoms with Crippen LogP contribution >= 0.6 is 0 Å². The topological polar surface area (TPSA) is 53.1 Å². The molecule has 3 N–H and O–H groups in total. The zero-order valence-corrected chi connectivity index (χ0v) is 12.5. The number of benzene rings is 1. The summed E-state index contributed by atoms with van der Waals surface area (Å²) in [7, 11) is 0. The fraction of sp³-hybridized carbons (Fsp3) is 0.588. The summed E-state index contributed by atoms with van der Waals surface area (Å²) in [6, 6.07) is 4.73. The first-order valence-electron chi connectivity index (χ1n) is 7.93. The molecule has 2 fully saturated rings. The molecule has 3 rings (SSSR count).